The molecule has 0 aliphatic heterocycles. The maximum Gasteiger partial charge on any atom is 0.322 e. The third-order valence-corrected chi connectivity index (χ3v) is 8.13. The van der Waals surface area contributed by atoms with Gasteiger partial charge in [-0.25, -0.2) is 13.4 Å². The molecule has 10 heteroatoms. The molecule has 3 aromatic rings. The molecule has 0 bridgehead atoms. The van der Waals surface area contributed by atoms with Crippen LogP contribution < -0.4 is 15.4 Å². The van der Waals surface area contributed by atoms with E-state index in [2.05, 4.69) is 20.3 Å². The van der Waals surface area contributed by atoms with Crippen molar-refractivity contribution in [2.45, 2.75) is 57.0 Å². The molecule has 1 fully saturated rings. The Morgan fingerprint density at radius 2 is 1.72 bits per heavy atom. The van der Waals surface area contributed by atoms with E-state index in [1.54, 1.807) is 38.1 Å². The second-order valence-electron chi connectivity index (χ2n) is 9.79. The van der Waals surface area contributed by atoms with Gasteiger partial charge in [-0.2, -0.15) is 9.98 Å². The van der Waals surface area contributed by atoms with Gasteiger partial charge < -0.3 is 10.4 Å². The van der Waals surface area contributed by atoms with E-state index in [1.165, 1.54) is 0 Å². The van der Waals surface area contributed by atoms with Gasteiger partial charge in [0.25, 0.3) is 0 Å². The Hall–Kier alpha value is -4.20. The van der Waals surface area contributed by atoms with Gasteiger partial charge in [0.15, 0.2) is 6.19 Å². The van der Waals surface area contributed by atoms with Crippen molar-refractivity contribution in [1.82, 2.24) is 10.0 Å². The Balaban J connectivity index is 1.49. The van der Waals surface area contributed by atoms with Gasteiger partial charge in [-0.15, -0.1) is 0 Å². The zero-order chi connectivity index (χ0) is 28.2. The zero-order valence-corrected chi connectivity index (χ0v) is 22.8. The topological polar surface area (TPSA) is 144 Å². The molecule has 0 heterocycles. The molecular weight excluding hydrogens is 514 g/mol. The standard InChI is InChI=1S/C29H31N5O4S/c1-18-13-19(2)27(20(3)14-18)39(37,38)34-26(28(35)36)15-21-7-9-22(10-8-21)23-5-4-6-25(16-23)33-29(31-17-30)32-24-11-12-24/h4-10,13-14,16,24,26,34H,11-12,15H2,1-3H3,(H,35,36)(H2,31,32,33). The fourth-order valence-corrected chi connectivity index (χ4v) is 6.18. The molecule has 9 nitrogen and oxygen atoms in total. The summed E-state index contributed by atoms with van der Waals surface area (Å²) < 4.78 is 28.6. The van der Waals surface area contributed by atoms with Gasteiger partial charge in [0.1, 0.15) is 6.04 Å². The van der Waals surface area contributed by atoms with Crippen LogP contribution in [0.3, 0.4) is 0 Å². The molecule has 1 unspecified atom stereocenters. The number of anilines is 1. The molecule has 0 saturated heterocycles. The highest BCUT2D eigenvalue weighted by molar-refractivity contribution is 7.89. The number of nitriles is 1. The average molecular weight is 546 g/mol. The fourth-order valence-electron chi connectivity index (χ4n) is 4.53. The van der Waals surface area contributed by atoms with Crippen LogP contribution in [0.1, 0.15) is 35.1 Å². The minimum absolute atomic E-state index is 0.0127. The van der Waals surface area contributed by atoms with Gasteiger partial charge in [0.2, 0.25) is 16.0 Å². The first-order valence-electron chi connectivity index (χ1n) is 12.6. The van der Waals surface area contributed by atoms with E-state index in [9.17, 15) is 18.3 Å². The van der Waals surface area contributed by atoms with Gasteiger partial charge in [-0.1, -0.05) is 54.1 Å². The van der Waals surface area contributed by atoms with E-state index in [4.69, 9.17) is 5.26 Å². The van der Waals surface area contributed by atoms with Crippen molar-refractivity contribution in [3.8, 4) is 17.3 Å². The number of aliphatic carboxylic acids is 1. The minimum atomic E-state index is -4.05. The lowest BCUT2D eigenvalue weighted by molar-refractivity contribution is -0.138. The maximum absolute atomic E-state index is 13.1. The second-order valence-corrected chi connectivity index (χ2v) is 11.4. The van der Waals surface area contributed by atoms with Crippen LogP contribution in [0.4, 0.5) is 5.69 Å². The Labute approximate surface area is 228 Å². The van der Waals surface area contributed by atoms with Crippen LogP contribution in [0.5, 0.6) is 0 Å². The number of carboxylic acid groups (broad SMARTS) is 1. The summed E-state index contributed by atoms with van der Waals surface area (Å²) in [4.78, 5) is 16.6. The SMILES string of the molecule is Cc1cc(C)c(S(=O)(=O)NC(Cc2ccc(-c3cccc(NC(=NC4CC4)NC#N)c3)cc2)C(=O)O)c(C)c1. The minimum Gasteiger partial charge on any atom is -0.480 e. The van der Waals surface area contributed by atoms with E-state index in [-0.39, 0.29) is 17.4 Å². The molecule has 0 spiro atoms. The molecule has 0 aromatic heterocycles. The third kappa shape index (κ3) is 7.22. The second kappa shape index (κ2) is 11.7. The average Bonchev–Trinajstić information content (AvgIpc) is 3.67. The predicted octanol–water partition coefficient (Wildman–Crippen LogP) is 4.25. The van der Waals surface area contributed by atoms with Crippen molar-refractivity contribution in [3.63, 3.8) is 0 Å². The monoisotopic (exact) mass is 545 g/mol. The number of nitrogens with zero attached hydrogens (tertiary/aromatic N) is 2. The number of hydrogen-bond acceptors (Lipinski definition) is 5. The molecule has 1 aliphatic carbocycles. The molecule has 3 aromatic carbocycles. The molecule has 39 heavy (non-hydrogen) atoms. The summed E-state index contributed by atoms with van der Waals surface area (Å²) >= 11 is 0. The number of nitrogens with one attached hydrogen (secondary N) is 3. The van der Waals surface area contributed by atoms with E-state index in [0.717, 1.165) is 35.2 Å². The van der Waals surface area contributed by atoms with E-state index >= 15 is 0 Å². The summed E-state index contributed by atoms with van der Waals surface area (Å²) in [6.45, 7) is 5.29. The molecule has 4 rings (SSSR count). The van der Waals surface area contributed by atoms with Crippen molar-refractivity contribution < 1.29 is 18.3 Å². The highest BCUT2D eigenvalue weighted by Crippen LogP contribution is 2.26. The Bertz CT molecular complexity index is 1530. The summed E-state index contributed by atoms with van der Waals surface area (Å²) in [6, 6.07) is 17.4. The molecule has 0 amide bonds. The van der Waals surface area contributed by atoms with Gasteiger partial charge in [0.05, 0.1) is 10.9 Å². The number of aryl methyl sites for hydroxylation is 3. The first-order valence-corrected chi connectivity index (χ1v) is 14.1. The quantitative estimate of drug-likeness (QED) is 0.136. The van der Waals surface area contributed by atoms with E-state index < -0.39 is 22.0 Å². The van der Waals surface area contributed by atoms with Crippen LogP contribution in [-0.4, -0.2) is 37.5 Å². The van der Waals surface area contributed by atoms with Gasteiger partial charge in [-0.05, 0) is 80.0 Å². The van der Waals surface area contributed by atoms with Crippen LogP contribution >= 0.6 is 0 Å². The smallest absolute Gasteiger partial charge is 0.322 e. The van der Waals surface area contributed by atoms with E-state index in [0.29, 0.717) is 22.6 Å². The van der Waals surface area contributed by atoms with Crippen LogP contribution in [0.15, 0.2) is 70.6 Å². The summed E-state index contributed by atoms with van der Waals surface area (Å²) in [5, 5.41) is 24.5. The number of benzene rings is 3. The molecule has 1 saturated carbocycles. The Kier molecular flexibility index (Phi) is 8.33. The number of aliphatic imine (C=N–C) groups is 1. The van der Waals surface area contributed by atoms with Crippen molar-refractivity contribution in [2.24, 2.45) is 4.99 Å². The van der Waals surface area contributed by atoms with Gasteiger partial charge >= 0.3 is 5.97 Å². The lowest BCUT2D eigenvalue weighted by Crippen LogP contribution is -2.42. The Morgan fingerprint density at radius 1 is 1.05 bits per heavy atom. The maximum atomic E-state index is 13.1. The first kappa shape index (κ1) is 27.8. The summed E-state index contributed by atoms with van der Waals surface area (Å²) in [5.74, 6) is -0.843. The molecular formula is C29H31N5O4S. The lowest BCUT2D eigenvalue weighted by atomic mass is 10.0. The van der Waals surface area contributed by atoms with Crippen molar-refractivity contribution in [3.05, 3.63) is 82.9 Å². The number of rotatable bonds is 9. The number of hydrogen-bond donors (Lipinski definition) is 4. The molecule has 1 atom stereocenters. The van der Waals surface area contributed by atoms with Crippen molar-refractivity contribution in [2.75, 3.05) is 5.32 Å². The van der Waals surface area contributed by atoms with Crippen molar-refractivity contribution in [1.29, 1.82) is 5.26 Å². The highest BCUT2D eigenvalue weighted by Gasteiger charge is 2.28. The fraction of sp³-hybridized carbons (Fsp3) is 0.276. The highest BCUT2D eigenvalue weighted by atomic mass is 32.2. The molecule has 202 valence electrons. The van der Waals surface area contributed by atoms with E-state index in [1.807, 2.05) is 49.5 Å². The van der Waals surface area contributed by atoms with Gasteiger partial charge in [-0.3, -0.25) is 10.1 Å². The number of carbonyl (C=O) groups is 1. The number of carboxylic acids is 1. The molecule has 4 N–H and O–H groups in total. The van der Waals surface area contributed by atoms with Crippen molar-refractivity contribution >= 4 is 27.6 Å². The van der Waals surface area contributed by atoms with Crippen LogP contribution in [0, 0.1) is 32.2 Å². The normalized spacial score (nSPS) is 14.4. The van der Waals surface area contributed by atoms with Crippen LogP contribution in [0.25, 0.3) is 11.1 Å². The van der Waals surface area contributed by atoms with Crippen LogP contribution in [0.2, 0.25) is 0 Å². The largest absolute Gasteiger partial charge is 0.480 e. The first-order chi connectivity index (χ1) is 18.6. The summed E-state index contributed by atoms with van der Waals surface area (Å²) in [6.07, 6.45) is 3.92. The lowest BCUT2D eigenvalue weighted by Gasteiger charge is -2.18. The molecule has 1 aliphatic rings. The van der Waals surface area contributed by atoms with Gasteiger partial charge in [0, 0.05) is 5.69 Å². The number of guanidine groups is 1. The number of sulfonamides is 1. The summed E-state index contributed by atoms with van der Waals surface area (Å²) in [5.41, 5.74) is 5.33. The predicted molar refractivity (Wildman–Crippen MR) is 151 cm³/mol. The Morgan fingerprint density at radius 3 is 2.31 bits per heavy atom. The molecule has 0 radical (unpaired) electrons. The zero-order valence-electron chi connectivity index (χ0n) is 22.0. The third-order valence-electron chi connectivity index (χ3n) is 6.35. The van der Waals surface area contributed by atoms with Crippen LogP contribution in [-0.2, 0) is 21.2 Å². The summed E-state index contributed by atoms with van der Waals surface area (Å²) in [7, 11) is -4.05.